The maximum absolute atomic E-state index is 6.12. The van der Waals surface area contributed by atoms with Gasteiger partial charge in [-0.05, 0) is 42.0 Å². The van der Waals surface area contributed by atoms with Gasteiger partial charge in [-0.2, -0.15) is 11.8 Å². The predicted octanol–water partition coefficient (Wildman–Crippen LogP) is 2.63. The van der Waals surface area contributed by atoms with E-state index in [9.17, 15) is 0 Å². The highest BCUT2D eigenvalue weighted by Crippen LogP contribution is 2.34. The number of thioether (sulfide) groups is 1. The summed E-state index contributed by atoms with van der Waals surface area (Å²) in [5.74, 6) is 4.03. The van der Waals surface area contributed by atoms with Crippen LogP contribution in [0.5, 0.6) is 11.5 Å². The molecule has 2 fully saturated rings. The Morgan fingerprint density at radius 3 is 2.81 bits per heavy atom. The fourth-order valence-electron chi connectivity index (χ4n) is 2.73. The molecule has 116 valence electrons. The van der Waals surface area contributed by atoms with Gasteiger partial charge in [0.15, 0.2) is 11.5 Å². The molecule has 1 atom stereocenters. The number of hydrogen-bond donors (Lipinski definition) is 1. The molecule has 0 aliphatic carbocycles. The first kappa shape index (κ1) is 15.0. The molecule has 2 aliphatic heterocycles. The summed E-state index contributed by atoms with van der Waals surface area (Å²) >= 11 is 2.01. The zero-order chi connectivity index (χ0) is 14.5. The fraction of sp³-hybridized carbons (Fsp3) is 0.625. The molecule has 2 aliphatic rings. The van der Waals surface area contributed by atoms with Gasteiger partial charge in [0.2, 0.25) is 0 Å². The number of ether oxygens (including phenoxy) is 3. The molecule has 21 heavy (non-hydrogen) atoms. The van der Waals surface area contributed by atoms with Gasteiger partial charge in [0.1, 0.15) is 6.10 Å². The van der Waals surface area contributed by atoms with E-state index in [1.54, 1.807) is 7.11 Å². The van der Waals surface area contributed by atoms with Crippen molar-refractivity contribution in [3.8, 4) is 11.5 Å². The molecule has 1 N–H and O–H groups in total. The van der Waals surface area contributed by atoms with Gasteiger partial charge >= 0.3 is 0 Å². The third-order valence-corrected chi connectivity index (χ3v) is 5.00. The molecule has 5 heteroatoms. The van der Waals surface area contributed by atoms with E-state index in [2.05, 4.69) is 11.4 Å². The van der Waals surface area contributed by atoms with E-state index in [1.807, 2.05) is 23.9 Å². The highest BCUT2D eigenvalue weighted by Gasteiger charge is 2.20. The van der Waals surface area contributed by atoms with Gasteiger partial charge in [-0.3, -0.25) is 0 Å². The summed E-state index contributed by atoms with van der Waals surface area (Å²) in [5, 5.41) is 3.35. The first-order valence-corrected chi connectivity index (χ1v) is 8.77. The third kappa shape index (κ3) is 3.84. The predicted molar refractivity (Wildman–Crippen MR) is 85.5 cm³/mol. The van der Waals surface area contributed by atoms with E-state index in [0.29, 0.717) is 6.10 Å². The second-order valence-electron chi connectivity index (χ2n) is 5.40. The van der Waals surface area contributed by atoms with Crippen LogP contribution < -0.4 is 14.8 Å². The monoisotopic (exact) mass is 309 g/mol. The number of rotatable bonds is 4. The largest absolute Gasteiger partial charge is 0.493 e. The highest BCUT2D eigenvalue weighted by molar-refractivity contribution is 7.99. The van der Waals surface area contributed by atoms with Gasteiger partial charge in [-0.1, -0.05) is 6.07 Å². The van der Waals surface area contributed by atoms with E-state index in [1.165, 1.54) is 11.5 Å². The van der Waals surface area contributed by atoms with E-state index >= 15 is 0 Å². The summed E-state index contributed by atoms with van der Waals surface area (Å²) in [5.41, 5.74) is 1.14. The average molecular weight is 309 g/mol. The topological polar surface area (TPSA) is 39.7 Å². The van der Waals surface area contributed by atoms with Crippen molar-refractivity contribution >= 4 is 11.8 Å². The molecule has 1 unspecified atom stereocenters. The molecular weight excluding hydrogens is 286 g/mol. The zero-order valence-electron chi connectivity index (χ0n) is 12.5. The Morgan fingerprint density at radius 2 is 2.10 bits per heavy atom. The standard InChI is InChI=1S/C16H23NO3S/c1-18-15-10-12(16-11-17-6-7-19-16)2-3-14(15)20-13-4-8-21-9-5-13/h2-3,10,13,16-17H,4-9,11H2,1H3. The Bertz CT molecular complexity index is 457. The number of morpholine rings is 1. The molecule has 0 bridgehead atoms. The van der Waals surface area contributed by atoms with Crippen LogP contribution in [0.25, 0.3) is 0 Å². The summed E-state index contributed by atoms with van der Waals surface area (Å²) in [4.78, 5) is 0. The minimum absolute atomic E-state index is 0.104. The van der Waals surface area contributed by atoms with Crippen molar-refractivity contribution < 1.29 is 14.2 Å². The van der Waals surface area contributed by atoms with Crippen molar-refractivity contribution in [1.29, 1.82) is 0 Å². The first-order valence-electron chi connectivity index (χ1n) is 7.61. The third-order valence-electron chi connectivity index (χ3n) is 3.95. The lowest BCUT2D eigenvalue weighted by atomic mass is 10.1. The quantitative estimate of drug-likeness (QED) is 0.926. The number of methoxy groups -OCH3 is 1. The van der Waals surface area contributed by atoms with Gasteiger partial charge in [-0.25, -0.2) is 0 Å². The van der Waals surface area contributed by atoms with Gasteiger partial charge in [0.25, 0.3) is 0 Å². The van der Waals surface area contributed by atoms with E-state index in [0.717, 1.165) is 49.6 Å². The minimum atomic E-state index is 0.104. The Hall–Kier alpha value is -0.910. The van der Waals surface area contributed by atoms with Crippen LogP contribution in [-0.2, 0) is 4.74 Å². The highest BCUT2D eigenvalue weighted by atomic mass is 32.2. The second-order valence-corrected chi connectivity index (χ2v) is 6.63. The SMILES string of the molecule is COc1cc(C2CNCCO2)ccc1OC1CCSCC1. The Balaban J connectivity index is 1.71. The number of benzene rings is 1. The van der Waals surface area contributed by atoms with Crippen LogP contribution in [0.1, 0.15) is 24.5 Å². The van der Waals surface area contributed by atoms with Crippen LogP contribution in [0, 0.1) is 0 Å². The van der Waals surface area contributed by atoms with E-state index < -0.39 is 0 Å². The molecule has 3 rings (SSSR count). The summed E-state index contributed by atoms with van der Waals surface area (Å²) in [6, 6.07) is 6.16. The summed E-state index contributed by atoms with van der Waals surface area (Å²) < 4.78 is 17.4. The summed E-state index contributed by atoms with van der Waals surface area (Å²) in [6.07, 6.45) is 2.66. The van der Waals surface area contributed by atoms with Crippen LogP contribution in [0.15, 0.2) is 18.2 Å². The molecule has 1 aromatic rings. The lowest BCUT2D eigenvalue weighted by molar-refractivity contribution is 0.0275. The van der Waals surface area contributed by atoms with E-state index in [4.69, 9.17) is 14.2 Å². The molecule has 0 radical (unpaired) electrons. The van der Waals surface area contributed by atoms with Crippen molar-refractivity contribution in [2.45, 2.75) is 25.0 Å². The van der Waals surface area contributed by atoms with Gasteiger partial charge in [-0.15, -0.1) is 0 Å². The number of nitrogens with one attached hydrogen (secondary N) is 1. The Labute approximate surface area is 130 Å². The average Bonchev–Trinajstić information content (AvgIpc) is 2.57. The Morgan fingerprint density at radius 1 is 1.24 bits per heavy atom. The van der Waals surface area contributed by atoms with Crippen molar-refractivity contribution in [3.05, 3.63) is 23.8 Å². The van der Waals surface area contributed by atoms with Crippen LogP contribution in [0.2, 0.25) is 0 Å². The van der Waals surface area contributed by atoms with Crippen LogP contribution >= 0.6 is 11.8 Å². The van der Waals surface area contributed by atoms with E-state index in [-0.39, 0.29) is 6.10 Å². The smallest absolute Gasteiger partial charge is 0.161 e. The normalized spacial score (nSPS) is 23.8. The maximum Gasteiger partial charge on any atom is 0.161 e. The van der Waals surface area contributed by atoms with Crippen LogP contribution in [0.4, 0.5) is 0 Å². The molecule has 4 nitrogen and oxygen atoms in total. The lowest BCUT2D eigenvalue weighted by Crippen LogP contribution is -2.33. The fourth-order valence-corrected chi connectivity index (χ4v) is 3.80. The van der Waals surface area contributed by atoms with Gasteiger partial charge in [0, 0.05) is 13.1 Å². The molecule has 0 saturated carbocycles. The van der Waals surface area contributed by atoms with Crippen molar-refractivity contribution in [2.75, 3.05) is 38.3 Å². The molecule has 1 aromatic carbocycles. The molecule has 0 amide bonds. The molecular formula is C16H23NO3S. The Kier molecular flexibility index (Phi) is 5.27. The first-order chi connectivity index (χ1) is 10.4. The van der Waals surface area contributed by atoms with Crippen LogP contribution in [0.3, 0.4) is 0 Å². The molecule has 2 heterocycles. The summed E-state index contributed by atoms with van der Waals surface area (Å²) in [7, 11) is 1.70. The second kappa shape index (κ2) is 7.38. The molecule has 0 spiro atoms. The minimum Gasteiger partial charge on any atom is -0.493 e. The molecule has 2 saturated heterocycles. The van der Waals surface area contributed by atoms with Crippen LogP contribution in [-0.4, -0.2) is 44.4 Å². The van der Waals surface area contributed by atoms with Crippen molar-refractivity contribution in [3.63, 3.8) is 0 Å². The maximum atomic E-state index is 6.12. The van der Waals surface area contributed by atoms with Gasteiger partial charge < -0.3 is 19.5 Å². The zero-order valence-corrected chi connectivity index (χ0v) is 13.3. The van der Waals surface area contributed by atoms with Gasteiger partial charge in [0.05, 0.1) is 19.8 Å². The number of hydrogen-bond acceptors (Lipinski definition) is 5. The van der Waals surface area contributed by atoms with Crippen molar-refractivity contribution in [2.24, 2.45) is 0 Å². The summed E-state index contributed by atoms with van der Waals surface area (Å²) in [6.45, 7) is 2.53. The van der Waals surface area contributed by atoms with Crippen molar-refractivity contribution in [1.82, 2.24) is 5.32 Å². The molecule has 0 aromatic heterocycles. The lowest BCUT2D eigenvalue weighted by Gasteiger charge is -2.26.